The van der Waals surface area contributed by atoms with E-state index in [0.717, 1.165) is 0 Å². The van der Waals surface area contributed by atoms with Crippen LogP contribution in [0.3, 0.4) is 0 Å². The molecule has 8 nitrogen and oxygen atoms in total. The van der Waals surface area contributed by atoms with Gasteiger partial charge in [-0.2, -0.15) is 4.98 Å². The Morgan fingerprint density at radius 2 is 1.78 bits per heavy atom. The van der Waals surface area contributed by atoms with Gasteiger partial charge < -0.3 is 19.6 Å². The second-order valence-corrected chi connectivity index (χ2v) is 6.26. The molecule has 2 aromatic heterocycles. The number of nitrogens with one attached hydrogen (secondary N) is 2. The monoisotopic (exact) mass is 368 g/mol. The van der Waals surface area contributed by atoms with Crippen molar-refractivity contribution >= 4 is 23.2 Å². The van der Waals surface area contributed by atoms with Gasteiger partial charge in [-0.05, 0) is 36.4 Å². The number of furan rings is 1. The van der Waals surface area contributed by atoms with Gasteiger partial charge in [0.2, 0.25) is 23.5 Å². The minimum absolute atomic E-state index is 0.0553. The smallest absolute Gasteiger partial charge is 0.238 e. The normalized spacial score (nSPS) is 10.8. The Labute approximate surface area is 156 Å². The minimum Gasteiger partial charge on any atom is -0.461 e. The molecule has 2 heterocycles. The molecule has 0 fully saturated rings. The molecule has 140 valence electrons. The summed E-state index contributed by atoms with van der Waals surface area (Å²) in [7, 11) is 0. The molecular formula is C19H20N4O4. The van der Waals surface area contributed by atoms with Crippen LogP contribution in [-0.4, -0.2) is 22.0 Å². The van der Waals surface area contributed by atoms with Gasteiger partial charge in [-0.25, -0.2) is 0 Å². The highest BCUT2D eigenvalue weighted by atomic mass is 16.5. The van der Waals surface area contributed by atoms with Crippen LogP contribution in [0.2, 0.25) is 0 Å². The van der Waals surface area contributed by atoms with E-state index < -0.39 is 0 Å². The number of aromatic nitrogens is 2. The van der Waals surface area contributed by atoms with Gasteiger partial charge in [0.05, 0.1) is 6.26 Å². The first-order chi connectivity index (χ1) is 13.0. The van der Waals surface area contributed by atoms with Gasteiger partial charge in [0.1, 0.15) is 0 Å². The molecular weight excluding hydrogens is 348 g/mol. The zero-order chi connectivity index (χ0) is 19.2. The van der Waals surface area contributed by atoms with Crippen LogP contribution in [0, 0.1) is 5.92 Å². The minimum atomic E-state index is -0.174. The summed E-state index contributed by atoms with van der Waals surface area (Å²) in [5, 5.41) is 9.41. The lowest BCUT2D eigenvalue weighted by atomic mass is 10.2. The predicted molar refractivity (Wildman–Crippen MR) is 98.9 cm³/mol. The number of hydrogen-bond acceptors (Lipinski definition) is 6. The number of anilines is 2. The number of aryl methyl sites for hydroxylation is 1. The van der Waals surface area contributed by atoms with Gasteiger partial charge in [0.25, 0.3) is 0 Å². The lowest BCUT2D eigenvalue weighted by molar-refractivity contribution is -0.119. The van der Waals surface area contributed by atoms with Gasteiger partial charge in [-0.3, -0.25) is 9.59 Å². The fraction of sp³-hybridized carbons (Fsp3) is 0.263. The number of carbonyl (C=O) groups is 2. The summed E-state index contributed by atoms with van der Waals surface area (Å²) >= 11 is 0. The van der Waals surface area contributed by atoms with E-state index in [2.05, 4.69) is 20.8 Å². The Kier molecular flexibility index (Phi) is 5.65. The number of carbonyl (C=O) groups excluding carboxylic acids is 2. The van der Waals surface area contributed by atoms with E-state index in [0.29, 0.717) is 35.3 Å². The van der Waals surface area contributed by atoms with Gasteiger partial charge in [0, 0.05) is 30.1 Å². The standard InChI is InChI=1S/C19H20N4O4/c1-12(2)19(25)21-14-7-5-13(6-8-14)20-16(24)9-10-17-22-18(23-27-17)15-4-3-11-26-15/h3-8,11-12H,9-10H2,1-2H3,(H,20,24)(H,21,25). The number of amides is 2. The summed E-state index contributed by atoms with van der Waals surface area (Å²) in [6.45, 7) is 3.65. The molecule has 0 atom stereocenters. The van der Waals surface area contributed by atoms with Crippen LogP contribution < -0.4 is 10.6 Å². The second-order valence-electron chi connectivity index (χ2n) is 6.26. The molecule has 2 N–H and O–H groups in total. The van der Waals surface area contributed by atoms with Crippen LogP contribution in [0.25, 0.3) is 11.6 Å². The first-order valence-electron chi connectivity index (χ1n) is 8.58. The SMILES string of the molecule is CC(C)C(=O)Nc1ccc(NC(=O)CCc2nc(-c3ccco3)no2)cc1. The average Bonchev–Trinajstić information content (AvgIpc) is 3.33. The molecule has 0 aliphatic carbocycles. The Bertz CT molecular complexity index is 898. The highest BCUT2D eigenvalue weighted by molar-refractivity contribution is 5.93. The number of benzene rings is 1. The van der Waals surface area contributed by atoms with Crippen molar-refractivity contribution in [1.82, 2.24) is 10.1 Å². The van der Waals surface area contributed by atoms with Crippen molar-refractivity contribution in [2.75, 3.05) is 10.6 Å². The summed E-state index contributed by atoms with van der Waals surface area (Å²) < 4.78 is 10.3. The van der Waals surface area contributed by atoms with Crippen molar-refractivity contribution in [3.63, 3.8) is 0 Å². The molecule has 8 heteroatoms. The zero-order valence-corrected chi connectivity index (χ0v) is 15.1. The lowest BCUT2D eigenvalue weighted by Crippen LogP contribution is -2.17. The Morgan fingerprint density at radius 3 is 2.41 bits per heavy atom. The van der Waals surface area contributed by atoms with Crippen molar-refractivity contribution in [2.45, 2.75) is 26.7 Å². The van der Waals surface area contributed by atoms with Gasteiger partial charge in [-0.15, -0.1) is 0 Å². The van der Waals surface area contributed by atoms with Gasteiger partial charge >= 0.3 is 0 Å². The second kappa shape index (κ2) is 8.31. The topological polar surface area (TPSA) is 110 Å². The van der Waals surface area contributed by atoms with E-state index >= 15 is 0 Å². The maximum absolute atomic E-state index is 12.1. The van der Waals surface area contributed by atoms with E-state index in [9.17, 15) is 9.59 Å². The maximum Gasteiger partial charge on any atom is 0.238 e. The highest BCUT2D eigenvalue weighted by Gasteiger charge is 2.12. The summed E-state index contributed by atoms with van der Waals surface area (Å²) in [5.41, 5.74) is 1.33. The van der Waals surface area contributed by atoms with Crippen molar-refractivity contribution in [2.24, 2.45) is 5.92 Å². The van der Waals surface area contributed by atoms with Crippen molar-refractivity contribution < 1.29 is 18.5 Å². The lowest BCUT2D eigenvalue weighted by Gasteiger charge is -2.09. The largest absolute Gasteiger partial charge is 0.461 e. The number of nitrogens with zero attached hydrogens (tertiary/aromatic N) is 2. The fourth-order valence-electron chi connectivity index (χ4n) is 2.23. The molecule has 0 aliphatic rings. The van der Waals surface area contributed by atoms with E-state index in [4.69, 9.17) is 8.94 Å². The molecule has 0 spiro atoms. The summed E-state index contributed by atoms with van der Waals surface area (Å²) in [5.74, 6) is 0.909. The third-order valence-electron chi connectivity index (χ3n) is 3.74. The molecule has 2 amide bonds. The van der Waals surface area contributed by atoms with Crippen molar-refractivity contribution in [3.8, 4) is 11.6 Å². The predicted octanol–water partition coefficient (Wildman–Crippen LogP) is 3.50. The molecule has 3 rings (SSSR count). The molecule has 0 saturated heterocycles. The van der Waals surface area contributed by atoms with Crippen molar-refractivity contribution in [3.05, 3.63) is 48.6 Å². The maximum atomic E-state index is 12.1. The van der Waals surface area contributed by atoms with Crippen LogP contribution in [0.4, 0.5) is 11.4 Å². The van der Waals surface area contributed by atoms with E-state index in [1.54, 1.807) is 36.4 Å². The third-order valence-corrected chi connectivity index (χ3v) is 3.74. The average molecular weight is 368 g/mol. The van der Waals surface area contributed by atoms with E-state index in [-0.39, 0.29) is 24.2 Å². The third kappa shape index (κ3) is 5.04. The van der Waals surface area contributed by atoms with Crippen LogP contribution in [0.15, 0.2) is 51.6 Å². The molecule has 1 aromatic carbocycles. The van der Waals surface area contributed by atoms with Crippen LogP contribution in [0.1, 0.15) is 26.2 Å². The quantitative estimate of drug-likeness (QED) is 0.660. The van der Waals surface area contributed by atoms with E-state index in [1.807, 2.05) is 13.8 Å². The summed E-state index contributed by atoms with van der Waals surface area (Å²) in [4.78, 5) is 27.9. The fourth-order valence-corrected chi connectivity index (χ4v) is 2.23. The Morgan fingerprint density at radius 1 is 1.07 bits per heavy atom. The number of hydrogen-bond donors (Lipinski definition) is 2. The first-order valence-corrected chi connectivity index (χ1v) is 8.58. The molecule has 0 saturated carbocycles. The van der Waals surface area contributed by atoms with Crippen LogP contribution in [-0.2, 0) is 16.0 Å². The Hall–Kier alpha value is -3.42. The summed E-state index contributed by atoms with van der Waals surface area (Å²) in [6, 6.07) is 10.4. The molecule has 3 aromatic rings. The van der Waals surface area contributed by atoms with Crippen molar-refractivity contribution in [1.29, 1.82) is 0 Å². The zero-order valence-electron chi connectivity index (χ0n) is 15.1. The van der Waals surface area contributed by atoms with E-state index in [1.165, 1.54) is 6.26 Å². The summed E-state index contributed by atoms with van der Waals surface area (Å²) in [6.07, 6.45) is 2.05. The molecule has 0 aliphatic heterocycles. The van der Waals surface area contributed by atoms with Crippen LogP contribution in [0.5, 0.6) is 0 Å². The molecule has 0 unspecified atom stereocenters. The number of rotatable bonds is 7. The Balaban J connectivity index is 1.48. The first kappa shape index (κ1) is 18.4. The highest BCUT2D eigenvalue weighted by Crippen LogP contribution is 2.17. The molecule has 0 bridgehead atoms. The molecule has 0 radical (unpaired) electrons. The van der Waals surface area contributed by atoms with Gasteiger partial charge in [-0.1, -0.05) is 19.0 Å². The molecule has 27 heavy (non-hydrogen) atoms. The van der Waals surface area contributed by atoms with Gasteiger partial charge in [0.15, 0.2) is 5.76 Å². The van der Waals surface area contributed by atoms with Crippen LogP contribution >= 0.6 is 0 Å².